The van der Waals surface area contributed by atoms with Gasteiger partial charge in [-0.2, -0.15) is 0 Å². The summed E-state index contributed by atoms with van der Waals surface area (Å²) in [6.45, 7) is 0.907. The molecule has 21 heavy (non-hydrogen) atoms. The molecule has 0 bridgehead atoms. The summed E-state index contributed by atoms with van der Waals surface area (Å²) in [6, 6.07) is 4.71. The van der Waals surface area contributed by atoms with E-state index in [1.165, 1.54) is 6.07 Å². The maximum atomic E-state index is 13.4. The van der Waals surface area contributed by atoms with Gasteiger partial charge in [-0.25, -0.2) is 4.39 Å². The highest BCUT2D eigenvalue weighted by molar-refractivity contribution is 7.99. The molecule has 0 aliphatic carbocycles. The number of halogens is 2. The normalized spacial score (nSPS) is 24.6. The lowest BCUT2D eigenvalue weighted by atomic mass is 10.0. The Labute approximate surface area is 134 Å². The maximum absolute atomic E-state index is 13.4. The molecule has 0 spiro atoms. The van der Waals surface area contributed by atoms with Crippen molar-refractivity contribution in [3.63, 3.8) is 0 Å². The molecule has 3 nitrogen and oxygen atoms in total. The molecule has 1 aromatic rings. The monoisotopic (exact) mass is 330 g/mol. The van der Waals surface area contributed by atoms with E-state index in [-0.39, 0.29) is 36.2 Å². The molecule has 1 aromatic carbocycles. The van der Waals surface area contributed by atoms with Gasteiger partial charge in [0, 0.05) is 10.6 Å². The molecule has 2 aliphatic rings. The van der Waals surface area contributed by atoms with E-state index in [2.05, 4.69) is 10.6 Å². The van der Waals surface area contributed by atoms with Crippen molar-refractivity contribution in [2.24, 2.45) is 0 Å². The molecule has 0 radical (unpaired) electrons. The van der Waals surface area contributed by atoms with Crippen LogP contribution in [0.4, 0.5) is 4.39 Å². The highest BCUT2D eigenvalue weighted by Crippen LogP contribution is 2.36. The van der Waals surface area contributed by atoms with Gasteiger partial charge in [-0.05, 0) is 49.6 Å². The van der Waals surface area contributed by atoms with E-state index >= 15 is 0 Å². The van der Waals surface area contributed by atoms with Gasteiger partial charge >= 0.3 is 0 Å². The molecule has 2 unspecified atom stereocenters. The second-order valence-corrected chi connectivity index (χ2v) is 6.52. The summed E-state index contributed by atoms with van der Waals surface area (Å²) in [5, 5.41) is 6.34. The van der Waals surface area contributed by atoms with Gasteiger partial charge in [0.1, 0.15) is 5.82 Å². The van der Waals surface area contributed by atoms with Crippen molar-refractivity contribution in [2.75, 3.05) is 12.3 Å². The molecule has 1 fully saturated rings. The van der Waals surface area contributed by atoms with Crippen LogP contribution in [-0.2, 0) is 4.79 Å². The quantitative estimate of drug-likeness (QED) is 0.875. The Hall–Kier alpha value is -0.780. The van der Waals surface area contributed by atoms with Gasteiger partial charge in [0.25, 0.3) is 0 Å². The van der Waals surface area contributed by atoms with Crippen molar-refractivity contribution in [1.29, 1.82) is 0 Å². The first kappa shape index (κ1) is 16.6. The minimum Gasteiger partial charge on any atom is -0.348 e. The molecular weight excluding hydrogens is 311 g/mol. The number of carbonyl (C=O) groups is 1. The minimum atomic E-state index is -0.235. The summed E-state index contributed by atoms with van der Waals surface area (Å²) in [5.74, 6) is 0.778. The number of nitrogens with one attached hydrogen (secondary N) is 2. The standard InChI is InChI=1S/C15H19FN2OS.ClH/c16-10-4-5-14-11(9-10)12(6-8-20-14)18-15(19)13-3-1-2-7-17-13;/h4-5,9,12-13,17H,1-3,6-8H2,(H,18,19);1H. The second kappa shape index (κ2) is 7.47. The van der Waals surface area contributed by atoms with E-state index in [0.717, 1.165) is 48.4 Å². The SMILES string of the molecule is Cl.O=C(NC1CCSc2ccc(F)cc21)C1CCCCN1. The van der Waals surface area contributed by atoms with Crippen molar-refractivity contribution < 1.29 is 9.18 Å². The van der Waals surface area contributed by atoms with E-state index < -0.39 is 0 Å². The number of carbonyl (C=O) groups excluding carboxylic acids is 1. The molecule has 116 valence electrons. The Morgan fingerprint density at radius 3 is 2.95 bits per heavy atom. The van der Waals surface area contributed by atoms with E-state index in [0.29, 0.717) is 0 Å². The first-order valence-corrected chi connectivity index (χ1v) is 8.18. The third kappa shape index (κ3) is 3.90. The zero-order valence-corrected chi connectivity index (χ0v) is 13.4. The van der Waals surface area contributed by atoms with Crippen LogP contribution in [0.25, 0.3) is 0 Å². The summed E-state index contributed by atoms with van der Waals surface area (Å²) < 4.78 is 13.4. The topological polar surface area (TPSA) is 41.1 Å². The number of hydrogen-bond donors (Lipinski definition) is 2. The Bertz CT molecular complexity index is 508. The zero-order valence-electron chi connectivity index (χ0n) is 11.7. The summed E-state index contributed by atoms with van der Waals surface area (Å²) in [6.07, 6.45) is 3.98. The molecule has 1 saturated heterocycles. The molecule has 2 atom stereocenters. The lowest BCUT2D eigenvalue weighted by Crippen LogP contribution is -2.47. The Morgan fingerprint density at radius 1 is 1.33 bits per heavy atom. The molecule has 2 heterocycles. The van der Waals surface area contributed by atoms with Crippen LogP contribution in [-0.4, -0.2) is 24.2 Å². The molecule has 1 amide bonds. The van der Waals surface area contributed by atoms with Crippen LogP contribution >= 0.6 is 24.2 Å². The van der Waals surface area contributed by atoms with Crippen LogP contribution < -0.4 is 10.6 Å². The van der Waals surface area contributed by atoms with Gasteiger partial charge in [-0.1, -0.05) is 6.42 Å². The maximum Gasteiger partial charge on any atom is 0.237 e. The number of rotatable bonds is 2. The van der Waals surface area contributed by atoms with E-state index in [9.17, 15) is 9.18 Å². The van der Waals surface area contributed by atoms with Crippen molar-refractivity contribution in [3.05, 3.63) is 29.6 Å². The van der Waals surface area contributed by atoms with Crippen molar-refractivity contribution >= 4 is 30.1 Å². The zero-order chi connectivity index (χ0) is 13.9. The summed E-state index contributed by atoms with van der Waals surface area (Å²) in [7, 11) is 0. The van der Waals surface area contributed by atoms with Crippen LogP contribution in [0.15, 0.2) is 23.1 Å². The van der Waals surface area contributed by atoms with E-state index in [4.69, 9.17) is 0 Å². The average molecular weight is 331 g/mol. The molecule has 2 aliphatic heterocycles. The highest BCUT2D eigenvalue weighted by atomic mass is 35.5. The third-order valence-corrected chi connectivity index (χ3v) is 5.08. The fraction of sp³-hybridized carbons (Fsp3) is 0.533. The third-order valence-electron chi connectivity index (χ3n) is 3.95. The second-order valence-electron chi connectivity index (χ2n) is 5.38. The highest BCUT2D eigenvalue weighted by Gasteiger charge is 2.27. The summed E-state index contributed by atoms with van der Waals surface area (Å²) in [5.41, 5.74) is 0.922. The molecule has 6 heteroatoms. The summed E-state index contributed by atoms with van der Waals surface area (Å²) in [4.78, 5) is 13.4. The van der Waals surface area contributed by atoms with Gasteiger partial charge in [0.05, 0.1) is 12.1 Å². The number of hydrogen-bond acceptors (Lipinski definition) is 3. The predicted octanol–water partition coefficient (Wildman–Crippen LogP) is 3.04. The van der Waals surface area contributed by atoms with Crippen LogP contribution in [0.3, 0.4) is 0 Å². The van der Waals surface area contributed by atoms with Crippen molar-refractivity contribution in [1.82, 2.24) is 10.6 Å². The average Bonchev–Trinajstić information content (AvgIpc) is 2.49. The largest absolute Gasteiger partial charge is 0.348 e. The number of amides is 1. The number of thioether (sulfide) groups is 1. The van der Waals surface area contributed by atoms with Crippen LogP contribution in [0.5, 0.6) is 0 Å². The summed E-state index contributed by atoms with van der Waals surface area (Å²) >= 11 is 1.73. The molecular formula is C15H20ClFN2OS. The Kier molecular flexibility index (Phi) is 5.90. The Balaban J connectivity index is 0.00000161. The van der Waals surface area contributed by atoms with Gasteiger partial charge < -0.3 is 10.6 Å². The lowest BCUT2D eigenvalue weighted by molar-refractivity contribution is -0.124. The van der Waals surface area contributed by atoms with E-state index in [1.54, 1.807) is 17.8 Å². The first-order chi connectivity index (χ1) is 9.74. The fourth-order valence-corrected chi connectivity index (χ4v) is 3.97. The van der Waals surface area contributed by atoms with Gasteiger partial charge in [0.15, 0.2) is 0 Å². The fourth-order valence-electron chi connectivity index (χ4n) is 2.86. The first-order valence-electron chi connectivity index (χ1n) is 7.20. The molecule has 2 N–H and O–H groups in total. The van der Waals surface area contributed by atoms with Crippen molar-refractivity contribution in [2.45, 2.75) is 42.7 Å². The molecule has 3 rings (SSSR count). The van der Waals surface area contributed by atoms with Crippen molar-refractivity contribution in [3.8, 4) is 0 Å². The van der Waals surface area contributed by atoms with Crippen LogP contribution in [0.2, 0.25) is 0 Å². The number of benzene rings is 1. The number of fused-ring (bicyclic) bond motifs is 1. The van der Waals surface area contributed by atoms with Gasteiger partial charge in [-0.3, -0.25) is 4.79 Å². The van der Waals surface area contributed by atoms with E-state index in [1.807, 2.05) is 6.07 Å². The predicted molar refractivity (Wildman–Crippen MR) is 85.5 cm³/mol. The smallest absolute Gasteiger partial charge is 0.237 e. The van der Waals surface area contributed by atoms with Gasteiger partial charge in [-0.15, -0.1) is 24.2 Å². The lowest BCUT2D eigenvalue weighted by Gasteiger charge is -2.29. The van der Waals surface area contributed by atoms with Crippen LogP contribution in [0, 0.1) is 5.82 Å². The number of piperidine rings is 1. The molecule has 0 saturated carbocycles. The minimum absolute atomic E-state index is 0. The Morgan fingerprint density at radius 2 is 2.19 bits per heavy atom. The van der Waals surface area contributed by atoms with Gasteiger partial charge in [0.2, 0.25) is 5.91 Å². The molecule has 0 aromatic heterocycles. The van der Waals surface area contributed by atoms with Crippen LogP contribution in [0.1, 0.15) is 37.3 Å².